The van der Waals surface area contributed by atoms with Crippen LogP contribution in [-0.2, 0) is 13.6 Å². The van der Waals surface area contributed by atoms with Crippen molar-refractivity contribution in [3.05, 3.63) is 60.4 Å². The summed E-state index contributed by atoms with van der Waals surface area (Å²) in [6, 6.07) is 6.09. The lowest BCUT2D eigenvalue weighted by atomic mass is 10.0. The normalized spacial score (nSPS) is 15.5. The van der Waals surface area contributed by atoms with Crippen LogP contribution in [0.1, 0.15) is 17.7 Å². The third kappa shape index (κ3) is 3.14. The van der Waals surface area contributed by atoms with Gasteiger partial charge < -0.3 is 4.52 Å². The van der Waals surface area contributed by atoms with Crippen molar-refractivity contribution in [3.63, 3.8) is 0 Å². The summed E-state index contributed by atoms with van der Waals surface area (Å²) >= 11 is 0. The Bertz CT molecular complexity index is 849. The molecular formula is C18H19N5O. The molecule has 4 heterocycles. The second-order valence-corrected chi connectivity index (χ2v) is 6.05. The lowest BCUT2D eigenvalue weighted by Gasteiger charge is -2.26. The quantitative estimate of drug-likeness (QED) is 0.739. The summed E-state index contributed by atoms with van der Waals surface area (Å²) in [4.78, 5) is 6.58. The van der Waals surface area contributed by atoms with Crippen LogP contribution in [0.4, 0.5) is 0 Å². The maximum absolute atomic E-state index is 5.51. The summed E-state index contributed by atoms with van der Waals surface area (Å²) in [5, 5.41) is 8.34. The molecule has 0 spiro atoms. The second-order valence-electron chi connectivity index (χ2n) is 6.05. The Morgan fingerprint density at radius 3 is 3.00 bits per heavy atom. The van der Waals surface area contributed by atoms with Gasteiger partial charge in [-0.2, -0.15) is 5.10 Å². The summed E-state index contributed by atoms with van der Waals surface area (Å²) in [6.45, 7) is 2.67. The fourth-order valence-electron chi connectivity index (χ4n) is 3.00. The van der Waals surface area contributed by atoms with E-state index in [1.165, 1.54) is 11.1 Å². The molecular weight excluding hydrogens is 302 g/mol. The van der Waals surface area contributed by atoms with E-state index in [-0.39, 0.29) is 0 Å². The Balaban J connectivity index is 1.45. The summed E-state index contributed by atoms with van der Waals surface area (Å²) < 4.78 is 7.27. The number of nitrogens with zero attached hydrogens (tertiary/aromatic N) is 5. The number of pyridine rings is 1. The van der Waals surface area contributed by atoms with E-state index in [1.54, 1.807) is 17.1 Å². The van der Waals surface area contributed by atoms with E-state index >= 15 is 0 Å². The van der Waals surface area contributed by atoms with Gasteiger partial charge in [0.2, 0.25) is 0 Å². The highest BCUT2D eigenvalue weighted by atomic mass is 16.5. The maximum Gasteiger partial charge on any atom is 0.151 e. The van der Waals surface area contributed by atoms with E-state index in [0.29, 0.717) is 0 Å². The first kappa shape index (κ1) is 14.8. The number of aryl methyl sites for hydroxylation is 1. The molecule has 0 bridgehead atoms. The zero-order valence-corrected chi connectivity index (χ0v) is 13.6. The van der Waals surface area contributed by atoms with Crippen molar-refractivity contribution >= 4 is 5.57 Å². The van der Waals surface area contributed by atoms with E-state index in [2.05, 4.69) is 32.3 Å². The smallest absolute Gasteiger partial charge is 0.151 e. The summed E-state index contributed by atoms with van der Waals surface area (Å²) in [7, 11) is 1.89. The lowest BCUT2D eigenvalue weighted by molar-refractivity contribution is 0.253. The highest BCUT2D eigenvalue weighted by Crippen LogP contribution is 2.23. The summed E-state index contributed by atoms with van der Waals surface area (Å²) in [6.07, 6.45) is 10.8. The topological polar surface area (TPSA) is 60.0 Å². The van der Waals surface area contributed by atoms with Crippen LogP contribution in [-0.4, -0.2) is 37.9 Å². The molecule has 0 unspecified atom stereocenters. The highest BCUT2D eigenvalue weighted by molar-refractivity contribution is 5.66. The molecule has 6 nitrogen and oxygen atoms in total. The number of aromatic nitrogens is 4. The van der Waals surface area contributed by atoms with Gasteiger partial charge >= 0.3 is 0 Å². The van der Waals surface area contributed by atoms with E-state index in [1.807, 2.05) is 31.6 Å². The minimum Gasteiger partial charge on any atom is -0.359 e. The molecule has 0 aromatic carbocycles. The summed E-state index contributed by atoms with van der Waals surface area (Å²) in [5.41, 5.74) is 4.32. The first-order chi connectivity index (χ1) is 11.8. The Morgan fingerprint density at radius 2 is 2.21 bits per heavy atom. The largest absolute Gasteiger partial charge is 0.359 e. The fourth-order valence-corrected chi connectivity index (χ4v) is 3.00. The Hall–Kier alpha value is -2.73. The summed E-state index contributed by atoms with van der Waals surface area (Å²) in [5.74, 6) is 0.876. The molecule has 1 aliphatic rings. The average Bonchev–Trinajstić information content (AvgIpc) is 3.25. The zero-order chi connectivity index (χ0) is 16.4. The van der Waals surface area contributed by atoms with Crippen LogP contribution in [0.3, 0.4) is 0 Å². The SMILES string of the molecule is Cn1cc(-c2cc(CN3CCC=C(c4cccnc4)C3)on2)cn1. The first-order valence-electron chi connectivity index (χ1n) is 8.04. The molecule has 24 heavy (non-hydrogen) atoms. The van der Waals surface area contributed by atoms with Crippen molar-refractivity contribution in [3.8, 4) is 11.3 Å². The molecule has 122 valence electrons. The van der Waals surface area contributed by atoms with Gasteiger partial charge in [0.1, 0.15) is 5.69 Å². The van der Waals surface area contributed by atoms with Gasteiger partial charge in [0.25, 0.3) is 0 Å². The molecule has 4 rings (SSSR count). The van der Waals surface area contributed by atoms with E-state index in [4.69, 9.17) is 4.52 Å². The van der Waals surface area contributed by atoms with Gasteiger partial charge in [0.15, 0.2) is 5.76 Å². The number of hydrogen-bond donors (Lipinski definition) is 0. The van der Waals surface area contributed by atoms with E-state index in [0.717, 1.165) is 43.1 Å². The molecule has 3 aromatic rings. The van der Waals surface area contributed by atoms with E-state index in [9.17, 15) is 0 Å². The van der Waals surface area contributed by atoms with Crippen molar-refractivity contribution in [2.24, 2.45) is 7.05 Å². The van der Waals surface area contributed by atoms with Crippen molar-refractivity contribution in [1.82, 2.24) is 24.8 Å². The molecule has 0 N–H and O–H groups in total. The van der Waals surface area contributed by atoms with Gasteiger partial charge in [-0.05, 0) is 23.6 Å². The molecule has 0 fully saturated rings. The van der Waals surface area contributed by atoms with Gasteiger partial charge in [-0.25, -0.2) is 0 Å². The molecule has 0 saturated carbocycles. The van der Waals surface area contributed by atoms with Crippen LogP contribution in [0.2, 0.25) is 0 Å². The average molecular weight is 321 g/mol. The third-order valence-electron chi connectivity index (χ3n) is 4.20. The Labute approximate surface area is 140 Å². The molecule has 0 amide bonds. The maximum atomic E-state index is 5.51. The van der Waals surface area contributed by atoms with Gasteiger partial charge in [0.05, 0.1) is 12.7 Å². The highest BCUT2D eigenvalue weighted by Gasteiger charge is 2.17. The predicted octanol–water partition coefficient (Wildman–Crippen LogP) is 2.76. The van der Waals surface area contributed by atoms with Crippen molar-refractivity contribution in [2.45, 2.75) is 13.0 Å². The number of hydrogen-bond acceptors (Lipinski definition) is 5. The van der Waals surface area contributed by atoms with Gasteiger partial charge in [0, 0.05) is 50.4 Å². The minimum atomic E-state index is 0.755. The van der Waals surface area contributed by atoms with Crippen molar-refractivity contribution in [1.29, 1.82) is 0 Å². The molecule has 6 heteroatoms. The van der Waals surface area contributed by atoms with Crippen LogP contribution < -0.4 is 0 Å². The van der Waals surface area contributed by atoms with Crippen LogP contribution in [0.15, 0.2) is 53.6 Å². The van der Waals surface area contributed by atoms with Gasteiger partial charge in [-0.1, -0.05) is 17.3 Å². The number of rotatable bonds is 4. The van der Waals surface area contributed by atoms with Crippen LogP contribution in [0.25, 0.3) is 16.8 Å². The van der Waals surface area contributed by atoms with Crippen molar-refractivity contribution < 1.29 is 4.52 Å². The Morgan fingerprint density at radius 1 is 1.25 bits per heavy atom. The molecule has 1 aliphatic heterocycles. The second kappa shape index (κ2) is 6.41. The lowest BCUT2D eigenvalue weighted by Crippen LogP contribution is -2.28. The van der Waals surface area contributed by atoms with Crippen LogP contribution in [0, 0.1) is 0 Å². The monoisotopic (exact) mass is 321 g/mol. The molecule has 0 aliphatic carbocycles. The molecule has 0 saturated heterocycles. The van der Waals surface area contributed by atoms with Gasteiger partial charge in [-0.15, -0.1) is 0 Å². The molecule has 0 radical (unpaired) electrons. The third-order valence-corrected chi connectivity index (χ3v) is 4.20. The first-order valence-corrected chi connectivity index (χ1v) is 8.04. The van der Waals surface area contributed by atoms with Crippen LogP contribution >= 0.6 is 0 Å². The van der Waals surface area contributed by atoms with Crippen molar-refractivity contribution in [2.75, 3.05) is 13.1 Å². The fraction of sp³-hybridized carbons (Fsp3) is 0.278. The molecule has 3 aromatic heterocycles. The van der Waals surface area contributed by atoms with E-state index < -0.39 is 0 Å². The molecule has 0 atom stereocenters. The Kier molecular flexibility index (Phi) is 3.96. The van der Waals surface area contributed by atoms with Crippen LogP contribution in [0.5, 0.6) is 0 Å². The minimum absolute atomic E-state index is 0.755. The standard InChI is InChI=1S/C18H19N5O/c1-22-11-16(10-20-22)18-8-17(24-21-18)13-23-7-3-5-15(12-23)14-4-2-6-19-9-14/h2,4-6,8-11H,3,7,12-13H2,1H3. The zero-order valence-electron chi connectivity index (χ0n) is 13.6. The van der Waals surface area contributed by atoms with Gasteiger partial charge in [-0.3, -0.25) is 14.6 Å². The predicted molar refractivity (Wildman–Crippen MR) is 90.8 cm³/mol.